The number of carboxylic acids is 1. The van der Waals surface area contributed by atoms with E-state index < -0.39 is 5.97 Å². The zero-order valence-corrected chi connectivity index (χ0v) is 24.9. The molecule has 2 aromatic carbocycles. The van der Waals surface area contributed by atoms with Crippen molar-refractivity contribution in [1.29, 1.82) is 0 Å². The number of carboxylic acid groups (broad SMARTS) is 1. The lowest BCUT2D eigenvalue weighted by Gasteiger charge is -2.42. The highest BCUT2D eigenvalue weighted by molar-refractivity contribution is 5.73. The van der Waals surface area contributed by atoms with Crippen LogP contribution in [0.1, 0.15) is 119 Å². The Bertz CT molecular complexity index is 1170. The van der Waals surface area contributed by atoms with Crippen LogP contribution in [0.25, 0.3) is 0 Å². The number of rotatable bonds is 9. The van der Waals surface area contributed by atoms with Crippen LogP contribution in [0.15, 0.2) is 72.8 Å². The minimum absolute atomic E-state index is 0.286. The topological polar surface area (TPSA) is 57.5 Å². The van der Waals surface area contributed by atoms with Gasteiger partial charge in [-0.25, -0.2) is 0 Å². The third-order valence-corrected chi connectivity index (χ3v) is 10.5. The molecule has 5 rings (SSSR count). The number of allylic oxidation sites excluding steroid dienone is 4. The van der Waals surface area contributed by atoms with E-state index in [-0.39, 0.29) is 11.3 Å². The van der Waals surface area contributed by atoms with Crippen LogP contribution in [0, 0.1) is 17.8 Å². The number of hydrogen-bond acceptors (Lipinski definition) is 2. The van der Waals surface area contributed by atoms with Crippen molar-refractivity contribution in [2.45, 2.75) is 114 Å². The normalized spacial score (nSPS) is 26.7. The highest BCUT2D eigenvalue weighted by Crippen LogP contribution is 2.48. The predicted molar refractivity (Wildman–Crippen MR) is 168 cm³/mol. The third kappa shape index (κ3) is 7.53. The van der Waals surface area contributed by atoms with E-state index in [0.717, 1.165) is 44.4 Å². The Hall–Kier alpha value is -2.81. The van der Waals surface area contributed by atoms with Crippen LogP contribution in [0.5, 0.6) is 5.75 Å². The largest absolute Gasteiger partial charge is 0.508 e. The highest BCUT2D eigenvalue weighted by atomic mass is 16.4. The van der Waals surface area contributed by atoms with E-state index >= 15 is 0 Å². The zero-order chi connectivity index (χ0) is 28.5. The summed E-state index contributed by atoms with van der Waals surface area (Å²) in [6.07, 6.45) is 27.3. The van der Waals surface area contributed by atoms with Crippen molar-refractivity contribution in [3.63, 3.8) is 0 Å². The third-order valence-electron chi connectivity index (χ3n) is 10.5. The molecule has 0 unspecified atom stereocenters. The van der Waals surface area contributed by atoms with E-state index in [0.29, 0.717) is 24.0 Å². The molecular formula is C38H50O3. The van der Waals surface area contributed by atoms with Crippen LogP contribution < -0.4 is 0 Å². The predicted octanol–water partition coefficient (Wildman–Crippen LogP) is 9.89. The van der Waals surface area contributed by atoms with Gasteiger partial charge in [0, 0.05) is 5.41 Å². The summed E-state index contributed by atoms with van der Waals surface area (Å²) in [4.78, 5) is 12.7. The zero-order valence-electron chi connectivity index (χ0n) is 24.9. The van der Waals surface area contributed by atoms with E-state index in [9.17, 15) is 15.0 Å². The van der Waals surface area contributed by atoms with Crippen LogP contribution >= 0.6 is 0 Å². The lowest BCUT2D eigenvalue weighted by molar-refractivity contribution is -0.145. The van der Waals surface area contributed by atoms with Gasteiger partial charge in [-0.05, 0) is 104 Å². The number of fused-ring (bicyclic) bond motifs is 3. The van der Waals surface area contributed by atoms with Crippen molar-refractivity contribution in [2.75, 3.05) is 0 Å². The summed E-state index contributed by atoms with van der Waals surface area (Å²) in [5, 5.41) is 20.5. The first kappa shape index (κ1) is 29.7. The lowest BCUT2D eigenvalue weighted by atomic mass is 9.60. The molecule has 2 aromatic rings. The van der Waals surface area contributed by atoms with Crippen molar-refractivity contribution in [3.8, 4) is 5.75 Å². The first-order valence-electron chi connectivity index (χ1n) is 16.5. The quantitative estimate of drug-likeness (QED) is 0.239. The van der Waals surface area contributed by atoms with E-state index in [4.69, 9.17) is 0 Å². The van der Waals surface area contributed by atoms with Crippen LogP contribution in [0.4, 0.5) is 0 Å². The van der Waals surface area contributed by atoms with Crippen molar-refractivity contribution in [1.82, 2.24) is 0 Å². The molecule has 220 valence electrons. The minimum atomic E-state index is -0.648. The summed E-state index contributed by atoms with van der Waals surface area (Å²) < 4.78 is 0. The summed E-state index contributed by atoms with van der Waals surface area (Å²) in [6, 6.07) is 16.9. The number of aliphatic carboxylic acids is 1. The lowest BCUT2D eigenvalue weighted by Crippen LogP contribution is -2.41. The van der Waals surface area contributed by atoms with E-state index in [1.807, 2.05) is 12.1 Å². The Balaban J connectivity index is 1.38. The minimum Gasteiger partial charge on any atom is -0.508 e. The number of phenolic OH excluding ortho intramolecular Hbond substituents is 1. The van der Waals surface area contributed by atoms with Gasteiger partial charge in [-0.1, -0.05) is 106 Å². The standard InChI is InChI=1S/C38H50O3/c39-34-23-21-32(22-24-34)35-28-30-16-12-19-33(27-30)38(25-10-3-11-26-38)36(37(40)41)20-9-8-18-31(35)17-5-2-1-4-13-29-14-6-7-15-29/h6,8-9,12,14,16,19,21-24,27,29,31,35-36,39H,1-5,7,10-11,13,15,17-18,20,25-26,28H2,(H,40,41)/b9-8+/t29-,31+,35+,36-/m1/s1. The molecule has 1 spiro atoms. The van der Waals surface area contributed by atoms with Crippen molar-refractivity contribution in [2.24, 2.45) is 17.8 Å². The monoisotopic (exact) mass is 554 g/mol. The van der Waals surface area contributed by atoms with Crippen molar-refractivity contribution < 1.29 is 15.0 Å². The van der Waals surface area contributed by atoms with Crippen LogP contribution in [0.3, 0.4) is 0 Å². The molecule has 1 fully saturated rings. The summed E-state index contributed by atoms with van der Waals surface area (Å²) in [7, 11) is 0. The van der Waals surface area contributed by atoms with Crippen molar-refractivity contribution in [3.05, 3.63) is 89.5 Å². The molecule has 1 saturated carbocycles. The number of carbonyl (C=O) groups is 1. The number of aromatic hydroxyl groups is 1. The number of unbranched alkanes of at least 4 members (excludes halogenated alkanes) is 3. The van der Waals surface area contributed by atoms with E-state index in [1.165, 1.54) is 74.5 Å². The Labute approximate surface area is 247 Å². The molecule has 41 heavy (non-hydrogen) atoms. The number of benzene rings is 2. The maximum atomic E-state index is 12.7. The second-order valence-electron chi connectivity index (χ2n) is 13.2. The highest BCUT2D eigenvalue weighted by Gasteiger charge is 2.44. The molecule has 3 aliphatic carbocycles. The van der Waals surface area contributed by atoms with Gasteiger partial charge in [0.25, 0.3) is 0 Å². The van der Waals surface area contributed by atoms with Gasteiger partial charge in [0.05, 0.1) is 5.92 Å². The molecule has 0 aliphatic heterocycles. The molecule has 3 aliphatic rings. The summed E-state index contributed by atoms with van der Waals surface area (Å²) in [5.74, 6) is 0.931. The summed E-state index contributed by atoms with van der Waals surface area (Å²) in [5.41, 5.74) is 3.56. The summed E-state index contributed by atoms with van der Waals surface area (Å²) in [6.45, 7) is 0. The molecule has 0 radical (unpaired) electrons. The van der Waals surface area contributed by atoms with Crippen LogP contribution in [0.2, 0.25) is 0 Å². The van der Waals surface area contributed by atoms with E-state index in [1.54, 1.807) is 0 Å². The Morgan fingerprint density at radius 2 is 1.61 bits per heavy atom. The Kier molecular flexibility index (Phi) is 10.4. The second kappa shape index (κ2) is 14.4. The summed E-state index contributed by atoms with van der Waals surface area (Å²) >= 11 is 0. The fourth-order valence-corrected chi connectivity index (χ4v) is 8.21. The van der Waals surface area contributed by atoms with Gasteiger partial charge in [-0.3, -0.25) is 4.79 Å². The SMILES string of the molecule is O=C(O)[C@H]1C/C=C/C[C@H](CCCCCC[C@@H]2C=CCC2)[C@@H](c2ccc(O)cc2)Cc2cccc(c2)C12CCCCC2. The average Bonchev–Trinajstić information content (AvgIpc) is 3.51. The first-order valence-corrected chi connectivity index (χ1v) is 16.5. The van der Waals surface area contributed by atoms with E-state index in [2.05, 4.69) is 60.7 Å². The molecule has 2 bridgehead atoms. The maximum absolute atomic E-state index is 12.7. The number of hydrogen-bond donors (Lipinski definition) is 2. The fraction of sp³-hybridized carbons (Fsp3) is 0.553. The van der Waals surface area contributed by atoms with Gasteiger partial charge in [0.1, 0.15) is 5.75 Å². The molecular weight excluding hydrogens is 504 g/mol. The van der Waals surface area contributed by atoms with Gasteiger partial charge >= 0.3 is 5.97 Å². The molecule has 4 atom stereocenters. The van der Waals surface area contributed by atoms with Gasteiger partial charge < -0.3 is 10.2 Å². The van der Waals surface area contributed by atoms with Gasteiger partial charge in [0.15, 0.2) is 0 Å². The number of phenols is 1. The first-order chi connectivity index (χ1) is 20.0. The molecule has 0 heterocycles. The Morgan fingerprint density at radius 1 is 0.854 bits per heavy atom. The van der Waals surface area contributed by atoms with Gasteiger partial charge in [-0.2, -0.15) is 0 Å². The van der Waals surface area contributed by atoms with Crippen LogP contribution in [-0.4, -0.2) is 16.2 Å². The average molecular weight is 555 g/mol. The Morgan fingerprint density at radius 3 is 2.34 bits per heavy atom. The van der Waals surface area contributed by atoms with Crippen LogP contribution in [-0.2, 0) is 16.6 Å². The van der Waals surface area contributed by atoms with Crippen molar-refractivity contribution >= 4 is 5.97 Å². The molecule has 0 amide bonds. The van der Waals surface area contributed by atoms with Gasteiger partial charge in [-0.15, -0.1) is 0 Å². The fourth-order valence-electron chi connectivity index (χ4n) is 8.21. The molecule has 0 aromatic heterocycles. The second-order valence-corrected chi connectivity index (χ2v) is 13.2. The molecule has 3 heteroatoms. The molecule has 0 saturated heterocycles. The smallest absolute Gasteiger partial charge is 0.307 e. The molecule has 3 nitrogen and oxygen atoms in total. The molecule has 2 N–H and O–H groups in total. The maximum Gasteiger partial charge on any atom is 0.307 e. The van der Waals surface area contributed by atoms with Gasteiger partial charge in [0.2, 0.25) is 0 Å².